The molecule has 7 aliphatic rings. The van der Waals surface area contributed by atoms with E-state index in [1.165, 1.54) is 23.1 Å². The number of nitrogens with zero attached hydrogens (tertiary/aromatic N) is 3. The molecule has 2 heterocycles. The molecule has 10 heteroatoms. The SMILES string of the molecule is N#C[C@@H]1C[C@@H]2C[C@@H]2N1C(=O)[C@@H](NC(=O)[C@H]1CN(c2cccc(F)c2)C(=O)O1)C12CC3CC(CC(O)(C3)C1)C2. The third-order valence-electron chi connectivity index (χ3n) is 9.95. The number of nitrogens with one attached hydrogen (secondary N) is 1. The summed E-state index contributed by atoms with van der Waals surface area (Å²) in [5.74, 6) is -0.439. The Morgan fingerprint density at radius 1 is 1.18 bits per heavy atom. The average molecular weight is 523 g/mol. The standard InChI is InChI=1S/C28H31FN4O5/c29-18-2-1-3-19(7-18)32-13-22(38-26(32)36)24(34)31-23(25(35)33-20(12-30)5-17-6-21(17)33)27-8-15-4-16(9-27)11-28(37,10-15)14-27/h1-3,7,15-17,20-23,37H,4-6,8-11,13-14H2,(H,31,34)/t15?,16?,17-,20+,21+,22-,23-,27?,28?/m1/s1. The Morgan fingerprint density at radius 3 is 2.63 bits per heavy atom. The molecule has 9 nitrogen and oxygen atoms in total. The number of amides is 3. The molecular weight excluding hydrogens is 491 g/mol. The van der Waals surface area contributed by atoms with E-state index >= 15 is 0 Å². The van der Waals surface area contributed by atoms with Crippen LogP contribution in [0.3, 0.4) is 0 Å². The molecule has 2 N–H and O–H groups in total. The van der Waals surface area contributed by atoms with Crippen LogP contribution in [0.4, 0.5) is 14.9 Å². The Balaban J connectivity index is 1.17. The van der Waals surface area contributed by atoms with Crippen LogP contribution in [0.25, 0.3) is 0 Å². The molecule has 2 saturated heterocycles. The lowest BCUT2D eigenvalue weighted by molar-refractivity contribution is -0.182. The first-order chi connectivity index (χ1) is 18.2. The first-order valence-corrected chi connectivity index (χ1v) is 13.7. The molecule has 0 spiro atoms. The van der Waals surface area contributed by atoms with Crippen molar-refractivity contribution in [3.63, 3.8) is 0 Å². The lowest BCUT2D eigenvalue weighted by Crippen LogP contribution is -2.67. The molecule has 5 saturated carbocycles. The molecule has 3 amide bonds. The number of anilines is 1. The van der Waals surface area contributed by atoms with Crippen LogP contribution in [-0.2, 0) is 14.3 Å². The molecule has 4 bridgehead atoms. The number of carbonyl (C=O) groups is 3. The van der Waals surface area contributed by atoms with Gasteiger partial charge in [-0.15, -0.1) is 0 Å². The number of carbonyl (C=O) groups excluding carboxylic acids is 3. The maximum atomic E-state index is 14.2. The van der Waals surface area contributed by atoms with Crippen LogP contribution in [0.5, 0.6) is 0 Å². The number of hydrogen-bond acceptors (Lipinski definition) is 6. The number of halogens is 1. The number of nitriles is 1. The fraction of sp³-hybridized carbons (Fsp3) is 0.643. The summed E-state index contributed by atoms with van der Waals surface area (Å²) in [7, 11) is 0. The molecule has 8 rings (SSSR count). The van der Waals surface area contributed by atoms with E-state index in [-0.39, 0.29) is 24.2 Å². The van der Waals surface area contributed by atoms with Gasteiger partial charge >= 0.3 is 6.09 Å². The summed E-state index contributed by atoms with van der Waals surface area (Å²) in [5, 5.41) is 24.1. The zero-order valence-electron chi connectivity index (χ0n) is 21.0. The number of cyclic esters (lactones) is 1. The van der Waals surface area contributed by atoms with E-state index in [1.807, 2.05) is 0 Å². The highest BCUT2D eigenvalue weighted by atomic mass is 19.1. The second kappa shape index (κ2) is 8.15. The summed E-state index contributed by atoms with van der Waals surface area (Å²) in [6, 6.07) is 6.37. The van der Waals surface area contributed by atoms with Crippen molar-refractivity contribution >= 4 is 23.6 Å². The van der Waals surface area contributed by atoms with Gasteiger partial charge in [0.25, 0.3) is 5.91 Å². The number of ether oxygens (including phenoxy) is 1. The second-order valence-corrected chi connectivity index (χ2v) is 12.6. The van der Waals surface area contributed by atoms with Crippen molar-refractivity contribution in [3.8, 4) is 6.07 Å². The van der Waals surface area contributed by atoms with Crippen molar-refractivity contribution in [3.05, 3.63) is 30.1 Å². The first kappa shape index (κ1) is 23.9. The molecule has 7 fully saturated rings. The summed E-state index contributed by atoms with van der Waals surface area (Å²) < 4.78 is 19.1. The molecule has 7 atom stereocenters. The van der Waals surface area contributed by atoms with E-state index in [4.69, 9.17) is 4.74 Å². The molecule has 1 aromatic carbocycles. The highest BCUT2D eigenvalue weighted by molar-refractivity contribution is 5.97. The van der Waals surface area contributed by atoms with E-state index in [9.17, 15) is 29.1 Å². The summed E-state index contributed by atoms with van der Waals surface area (Å²) in [4.78, 5) is 43.3. The van der Waals surface area contributed by atoms with Crippen LogP contribution >= 0.6 is 0 Å². The van der Waals surface area contributed by atoms with Gasteiger partial charge in [0.1, 0.15) is 17.9 Å². The van der Waals surface area contributed by atoms with Crippen LogP contribution < -0.4 is 10.2 Å². The average Bonchev–Trinajstić information content (AvgIpc) is 3.33. The fourth-order valence-electron chi connectivity index (χ4n) is 8.83. The van der Waals surface area contributed by atoms with Gasteiger partial charge in [-0.1, -0.05) is 6.07 Å². The van der Waals surface area contributed by atoms with E-state index in [2.05, 4.69) is 11.4 Å². The Labute approximate surface area is 219 Å². The first-order valence-electron chi connectivity index (χ1n) is 13.7. The van der Waals surface area contributed by atoms with Crippen LogP contribution in [0.1, 0.15) is 51.4 Å². The normalized spacial score (nSPS) is 40.9. The number of likely N-dealkylation sites (tertiary alicyclic amines) is 1. The van der Waals surface area contributed by atoms with Gasteiger partial charge in [0.05, 0.1) is 23.9 Å². The van der Waals surface area contributed by atoms with Crippen molar-refractivity contribution in [2.24, 2.45) is 23.2 Å². The van der Waals surface area contributed by atoms with Crippen molar-refractivity contribution < 1.29 is 28.6 Å². The quantitative estimate of drug-likeness (QED) is 0.613. The van der Waals surface area contributed by atoms with Crippen molar-refractivity contribution in [2.75, 3.05) is 11.4 Å². The van der Waals surface area contributed by atoms with Gasteiger partial charge in [-0.25, -0.2) is 9.18 Å². The minimum absolute atomic E-state index is 0.0244. The van der Waals surface area contributed by atoms with Gasteiger partial charge in [0.2, 0.25) is 5.91 Å². The van der Waals surface area contributed by atoms with Crippen molar-refractivity contribution in [1.82, 2.24) is 10.2 Å². The van der Waals surface area contributed by atoms with E-state index in [0.29, 0.717) is 30.6 Å². The van der Waals surface area contributed by atoms with E-state index in [0.717, 1.165) is 38.5 Å². The molecule has 5 aliphatic carbocycles. The minimum atomic E-state index is -1.17. The maximum absolute atomic E-state index is 14.2. The van der Waals surface area contributed by atoms with Crippen molar-refractivity contribution in [1.29, 1.82) is 5.26 Å². The van der Waals surface area contributed by atoms with Crippen LogP contribution in [0.15, 0.2) is 24.3 Å². The smallest absolute Gasteiger partial charge is 0.415 e. The zero-order valence-corrected chi connectivity index (χ0v) is 21.0. The molecular formula is C28H31FN4O5. The molecule has 1 aromatic rings. The summed E-state index contributed by atoms with van der Waals surface area (Å²) >= 11 is 0. The second-order valence-electron chi connectivity index (χ2n) is 12.6. The molecule has 2 unspecified atom stereocenters. The number of hydrogen-bond donors (Lipinski definition) is 2. The third kappa shape index (κ3) is 3.69. The molecule has 2 aliphatic heterocycles. The zero-order chi connectivity index (χ0) is 26.4. The van der Waals surface area contributed by atoms with Gasteiger partial charge in [0.15, 0.2) is 6.10 Å². The van der Waals surface area contributed by atoms with Gasteiger partial charge < -0.3 is 20.1 Å². The number of fused-ring (bicyclic) bond motifs is 1. The highest BCUT2D eigenvalue weighted by Gasteiger charge is 2.64. The molecule has 0 radical (unpaired) electrons. The Kier molecular flexibility index (Phi) is 5.13. The van der Waals surface area contributed by atoms with E-state index in [1.54, 1.807) is 11.0 Å². The highest BCUT2D eigenvalue weighted by Crippen LogP contribution is 2.63. The minimum Gasteiger partial charge on any atom is -0.434 e. The predicted octanol–water partition coefficient (Wildman–Crippen LogP) is 2.48. The summed E-state index contributed by atoms with van der Waals surface area (Å²) in [6.45, 7) is -0.105. The topological polar surface area (TPSA) is 123 Å². The lowest BCUT2D eigenvalue weighted by Gasteiger charge is -2.62. The van der Waals surface area contributed by atoms with Gasteiger partial charge in [-0.3, -0.25) is 14.5 Å². The van der Waals surface area contributed by atoms with Gasteiger partial charge in [0, 0.05) is 11.5 Å². The lowest BCUT2D eigenvalue weighted by atomic mass is 9.46. The van der Waals surface area contributed by atoms with Gasteiger partial charge in [-0.2, -0.15) is 5.26 Å². The van der Waals surface area contributed by atoms with Crippen molar-refractivity contribution in [2.45, 2.75) is 81.2 Å². The number of aliphatic hydroxyl groups is 1. The Bertz CT molecular complexity index is 1250. The number of rotatable bonds is 5. The largest absolute Gasteiger partial charge is 0.434 e. The molecule has 0 aromatic heterocycles. The summed E-state index contributed by atoms with van der Waals surface area (Å²) in [6.07, 6.45) is 3.97. The maximum Gasteiger partial charge on any atom is 0.415 e. The predicted molar refractivity (Wildman–Crippen MR) is 131 cm³/mol. The van der Waals surface area contributed by atoms with E-state index < -0.39 is 47.0 Å². The van der Waals surface area contributed by atoms with Crippen LogP contribution in [0, 0.1) is 40.3 Å². The third-order valence-corrected chi connectivity index (χ3v) is 9.95. The monoisotopic (exact) mass is 522 g/mol. The summed E-state index contributed by atoms with van der Waals surface area (Å²) in [5.41, 5.74) is -1.16. The van der Waals surface area contributed by atoms with Crippen LogP contribution in [-0.4, -0.2) is 64.3 Å². The Morgan fingerprint density at radius 2 is 1.95 bits per heavy atom. The van der Waals surface area contributed by atoms with Gasteiger partial charge in [-0.05, 0) is 87.3 Å². The fourth-order valence-corrected chi connectivity index (χ4v) is 8.83. The number of benzene rings is 1. The molecule has 38 heavy (non-hydrogen) atoms. The molecule has 200 valence electrons. The van der Waals surface area contributed by atoms with Crippen LogP contribution in [0.2, 0.25) is 0 Å². The number of piperidine rings is 1. The Hall–Kier alpha value is -3.19.